The zero-order chi connectivity index (χ0) is 21.0. The highest BCUT2D eigenvalue weighted by Crippen LogP contribution is 2.34. The standard InChI is InChI=1S/C21H26FN3O3S/c1-3-25(16(2)26)20-15-18(24-12-5-10-23-11-13-24)8-9-21(20)29(27,28)19-7-4-6-17(22)14-19/h4,6-9,14-15,23H,3,5,10-13H2,1-2H3. The van der Waals surface area contributed by atoms with Crippen molar-refractivity contribution in [2.45, 2.75) is 30.1 Å². The third kappa shape index (κ3) is 4.59. The highest BCUT2D eigenvalue weighted by atomic mass is 32.2. The van der Waals surface area contributed by atoms with Gasteiger partial charge >= 0.3 is 0 Å². The molecule has 2 aromatic rings. The smallest absolute Gasteiger partial charge is 0.223 e. The van der Waals surface area contributed by atoms with Gasteiger partial charge in [0.1, 0.15) is 5.82 Å². The highest BCUT2D eigenvalue weighted by Gasteiger charge is 2.27. The minimum absolute atomic E-state index is 0.00292. The van der Waals surface area contributed by atoms with Crippen molar-refractivity contribution in [2.24, 2.45) is 0 Å². The summed E-state index contributed by atoms with van der Waals surface area (Å²) in [6, 6.07) is 9.96. The third-order valence-electron chi connectivity index (χ3n) is 5.03. The monoisotopic (exact) mass is 419 g/mol. The Labute approximate surface area is 171 Å². The van der Waals surface area contributed by atoms with Gasteiger partial charge in [-0.1, -0.05) is 6.07 Å². The maximum absolute atomic E-state index is 13.7. The lowest BCUT2D eigenvalue weighted by atomic mass is 10.2. The Morgan fingerprint density at radius 3 is 2.66 bits per heavy atom. The molecule has 1 aliphatic heterocycles. The van der Waals surface area contributed by atoms with E-state index >= 15 is 0 Å². The van der Waals surface area contributed by atoms with Gasteiger partial charge in [-0.15, -0.1) is 0 Å². The van der Waals surface area contributed by atoms with Gasteiger partial charge in [0.15, 0.2) is 0 Å². The molecule has 0 saturated carbocycles. The molecule has 0 radical (unpaired) electrons. The first-order valence-corrected chi connectivity index (χ1v) is 11.2. The molecule has 6 nitrogen and oxygen atoms in total. The molecule has 1 N–H and O–H groups in total. The van der Waals surface area contributed by atoms with Crippen LogP contribution < -0.4 is 15.1 Å². The van der Waals surface area contributed by atoms with Crippen molar-refractivity contribution < 1.29 is 17.6 Å². The van der Waals surface area contributed by atoms with E-state index in [1.54, 1.807) is 19.1 Å². The number of sulfone groups is 1. The van der Waals surface area contributed by atoms with Crippen LogP contribution in [0.5, 0.6) is 0 Å². The summed E-state index contributed by atoms with van der Waals surface area (Å²) in [5.74, 6) is -0.877. The van der Waals surface area contributed by atoms with Crippen LogP contribution in [0.3, 0.4) is 0 Å². The molecule has 1 amide bonds. The van der Waals surface area contributed by atoms with Gasteiger partial charge in [-0.05, 0) is 56.3 Å². The van der Waals surface area contributed by atoms with Crippen LogP contribution in [0.1, 0.15) is 20.3 Å². The summed E-state index contributed by atoms with van der Waals surface area (Å²) in [4.78, 5) is 15.7. The van der Waals surface area contributed by atoms with Gasteiger partial charge in [-0.25, -0.2) is 12.8 Å². The van der Waals surface area contributed by atoms with Crippen molar-refractivity contribution in [3.8, 4) is 0 Å². The number of anilines is 2. The number of nitrogens with zero attached hydrogens (tertiary/aromatic N) is 2. The van der Waals surface area contributed by atoms with Gasteiger partial charge in [0.05, 0.1) is 15.5 Å². The summed E-state index contributed by atoms with van der Waals surface area (Å²) in [7, 11) is -4.00. The van der Waals surface area contributed by atoms with Crippen molar-refractivity contribution in [1.29, 1.82) is 0 Å². The molecule has 0 bridgehead atoms. The molecule has 0 unspecified atom stereocenters. The summed E-state index contributed by atoms with van der Waals surface area (Å²) in [5, 5.41) is 3.34. The van der Waals surface area contributed by atoms with Gasteiger partial charge in [0.2, 0.25) is 15.7 Å². The van der Waals surface area contributed by atoms with Crippen LogP contribution in [0.15, 0.2) is 52.3 Å². The van der Waals surface area contributed by atoms with Crippen LogP contribution >= 0.6 is 0 Å². The number of amides is 1. The fraction of sp³-hybridized carbons (Fsp3) is 0.381. The average Bonchev–Trinajstić information content (AvgIpc) is 2.97. The van der Waals surface area contributed by atoms with Crippen LogP contribution in [-0.2, 0) is 14.6 Å². The van der Waals surface area contributed by atoms with E-state index in [0.29, 0.717) is 12.2 Å². The van der Waals surface area contributed by atoms with E-state index in [0.717, 1.165) is 44.4 Å². The normalized spacial score (nSPS) is 15.1. The second-order valence-electron chi connectivity index (χ2n) is 6.97. The highest BCUT2D eigenvalue weighted by molar-refractivity contribution is 7.91. The first-order chi connectivity index (χ1) is 13.8. The van der Waals surface area contributed by atoms with E-state index in [9.17, 15) is 17.6 Å². The van der Waals surface area contributed by atoms with Crippen LogP contribution in [0.2, 0.25) is 0 Å². The molecule has 0 atom stereocenters. The van der Waals surface area contributed by atoms with Crippen molar-refractivity contribution in [3.63, 3.8) is 0 Å². The summed E-state index contributed by atoms with van der Waals surface area (Å²) in [6.45, 7) is 6.93. The lowest BCUT2D eigenvalue weighted by Gasteiger charge is -2.27. The second kappa shape index (κ2) is 8.92. The number of carbonyl (C=O) groups is 1. The van der Waals surface area contributed by atoms with E-state index in [1.807, 2.05) is 0 Å². The molecule has 8 heteroatoms. The van der Waals surface area contributed by atoms with Crippen molar-refractivity contribution in [1.82, 2.24) is 5.32 Å². The fourth-order valence-electron chi connectivity index (χ4n) is 3.57. The Morgan fingerprint density at radius 2 is 1.97 bits per heavy atom. The maximum Gasteiger partial charge on any atom is 0.223 e. The molecule has 1 saturated heterocycles. The molecule has 1 heterocycles. The second-order valence-corrected chi connectivity index (χ2v) is 8.88. The molecular weight excluding hydrogens is 393 g/mol. The van der Waals surface area contributed by atoms with Gasteiger partial charge in [-0.2, -0.15) is 0 Å². The molecular formula is C21H26FN3O3S. The number of rotatable bonds is 5. The molecule has 156 valence electrons. The number of benzene rings is 2. The van der Waals surface area contributed by atoms with Gasteiger partial charge < -0.3 is 15.1 Å². The predicted molar refractivity (Wildman–Crippen MR) is 112 cm³/mol. The molecule has 1 aliphatic rings. The summed E-state index contributed by atoms with van der Waals surface area (Å²) >= 11 is 0. The van der Waals surface area contributed by atoms with Crippen LogP contribution in [0.25, 0.3) is 0 Å². The van der Waals surface area contributed by atoms with E-state index in [4.69, 9.17) is 0 Å². The number of halogens is 1. The van der Waals surface area contributed by atoms with Crippen LogP contribution in [-0.4, -0.2) is 47.0 Å². The minimum Gasteiger partial charge on any atom is -0.370 e. The zero-order valence-corrected chi connectivity index (χ0v) is 17.5. The first kappa shape index (κ1) is 21.3. The number of nitrogens with one attached hydrogen (secondary N) is 1. The molecule has 3 rings (SSSR count). The molecule has 0 spiro atoms. The Morgan fingerprint density at radius 1 is 1.17 bits per heavy atom. The molecule has 2 aromatic carbocycles. The van der Waals surface area contributed by atoms with Gasteiger partial charge in [0.25, 0.3) is 0 Å². The fourth-order valence-corrected chi connectivity index (χ4v) is 5.04. The molecule has 0 aliphatic carbocycles. The summed E-state index contributed by atoms with van der Waals surface area (Å²) < 4.78 is 40.2. The van der Waals surface area contributed by atoms with Crippen molar-refractivity contribution in [3.05, 3.63) is 48.3 Å². The summed E-state index contributed by atoms with van der Waals surface area (Å²) in [5.41, 5.74) is 1.18. The first-order valence-electron chi connectivity index (χ1n) is 9.73. The third-order valence-corrected chi connectivity index (χ3v) is 6.83. The minimum atomic E-state index is -4.00. The Hall–Kier alpha value is -2.45. The Kier molecular flexibility index (Phi) is 6.54. The predicted octanol–water partition coefficient (Wildman–Crippen LogP) is 2.83. The molecule has 29 heavy (non-hydrogen) atoms. The topological polar surface area (TPSA) is 69.7 Å². The van der Waals surface area contributed by atoms with Crippen molar-refractivity contribution >= 4 is 27.1 Å². The lowest BCUT2D eigenvalue weighted by molar-refractivity contribution is -0.116. The van der Waals surface area contributed by atoms with Crippen LogP contribution in [0.4, 0.5) is 15.8 Å². The zero-order valence-electron chi connectivity index (χ0n) is 16.7. The van der Waals surface area contributed by atoms with Crippen LogP contribution in [0, 0.1) is 5.82 Å². The Balaban J connectivity index is 2.14. The van der Waals surface area contributed by atoms with Gasteiger partial charge in [-0.3, -0.25) is 4.79 Å². The van der Waals surface area contributed by atoms with Gasteiger partial charge in [0, 0.05) is 38.8 Å². The van der Waals surface area contributed by atoms with E-state index in [2.05, 4.69) is 10.2 Å². The lowest BCUT2D eigenvalue weighted by Crippen LogP contribution is -2.31. The summed E-state index contributed by atoms with van der Waals surface area (Å²) in [6.07, 6.45) is 0.975. The number of carbonyl (C=O) groups excluding carboxylic acids is 1. The SMILES string of the molecule is CCN(C(C)=O)c1cc(N2CCCNCC2)ccc1S(=O)(=O)c1cccc(F)c1. The molecule has 1 fully saturated rings. The van der Waals surface area contributed by atoms with E-state index in [1.165, 1.54) is 36.1 Å². The molecule has 0 aromatic heterocycles. The average molecular weight is 420 g/mol. The number of hydrogen-bond donors (Lipinski definition) is 1. The van der Waals surface area contributed by atoms with Crippen molar-refractivity contribution in [2.75, 3.05) is 42.5 Å². The largest absolute Gasteiger partial charge is 0.370 e. The maximum atomic E-state index is 13.7. The van der Waals surface area contributed by atoms with E-state index < -0.39 is 15.7 Å². The van der Waals surface area contributed by atoms with E-state index in [-0.39, 0.29) is 15.7 Å². The number of hydrogen-bond acceptors (Lipinski definition) is 5. The quantitative estimate of drug-likeness (QED) is 0.807. The Bertz CT molecular complexity index is 986.